The Morgan fingerprint density at radius 3 is 2.48 bits per heavy atom. The largest absolute Gasteiger partial charge is 0.806 e. The number of alkyl halides is 2. The lowest BCUT2D eigenvalue weighted by Crippen LogP contribution is -2.30. The van der Waals surface area contributed by atoms with Crippen molar-refractivity contribution in [2.75, 3.05) is 12.0 Å². The molecule has 2 aromatic rings. The van der Waals surface area contributed by atoms with Crippen LogP contribution in [0.1, 0.15) is 16.7 Å². The molecule has 29 heavy (non-hydrogen) atoms. The van der Waals surface area contributed by atoms with Crippen molar-refractivity contribution in [3.05, 3.63) is 69.7 Å². The first-order valence-electron chi connectivity index (χ1n) is 8.05. The highest BCUT2D eigenvalue weighted by molar-refractivity contribution is 9.10. The van der Waals surface area contributed by atoms with Crippen molar-refractivity contribution >= 4 is 51.2 Å². The van der Waals surface area contributed by atoms with Crippen molar-refractivity contribution in [2.45, 2.75) is 16.3 Å². The Bertz CT molecular complexity index is 1070. The zero-order valence-corrected chi connectivity index (χ0v) is 19.2. The first-order chi connectivity index (χ1) is 13.3. The lowest BCUT2D eigenvalue weighted by atomic mass is 10.1. The van der Waals surface area contributed by atoms with Gasteiger partial charge < -0.3 is 14.4 Å². The highest BCUT2D eigenvalue weighted by Gasteiger charge is 2.37. The molecule has 0 fully saturated rings. The summed E-state index contributed by atoms with van der Waals surface area (Å²) in [6.45, 7) is 0. The smallest absolute Gasteiger partial charge is 0.297 e. The highest BCUT2D eigenvalue weighted by atomic mass is 79.9. The second kappa shape index (κ2) is 9.41. The SMILES string of the molecule is CS(=O)(=O)c1cccc(/C=C/CSCc2ccc(C(F)(F)P(=O)([O-])[O-])c(Br)c2)c1. The first-order valence-corrected chi connectivity index (χ1v) is 13.4. The van der Waals surface area contributed by atoms with Gasteiger partial charge in [0.05, 0.1) is 4.90 Å². The van der Waals surface area contributed by atoms with Crippen molar-refractivity contribution < 1.29 is 31.6 Å². The molecular weight excluding hydrogens is 509 g/mol. The Kier molecular flexibility index (Phi) is 7.86. The molecule has 0 bridgehead atoms. The lowest BCUT2D eigenvalue weighted by molar-refractivity contribution is -0.335. The minimum absolute atomic E-state index is 0.152. The van der Waals surface area contributed by atoms with Gasteiger partial charge in [0, 0.05) is 35.4 Å². The quantitative estimate of drug-likeness (QED) is 0.385. The van der Waals surface area contributed by atoms with Gasteiger partial charge in [0.15, 0.2) is 9.84 Å². The van der Waals surface area contributed by atoms with Gasteiger partial charge in [-0.15, -0.1) is 0 Å². The van der Waals surface area contributed by atoms with E-state index in [-0.39, 0.29) is 9.37 Å². The molecule has 0 aliphatic carbocycles. The number of halogens is 3. The van der Waals surface area contributed by atoms with E-state index in [1.165, 1.54) is 30.0 Å². The minimum Gasteiger partial charge on any atom is -0.806 e. The van der Waals surface area contributed by atoms with Crippen LogP contribution in [0.2, 0.25) is 0 Å². The van der Waals surface area contributed by atoms with E-state index in [9.17, 15) is 31.6 Å². The van der Waals surface area contributed by atoms with Crippen molar-refractivity contribution in [1.82, 2.24) is 0 Å². The van der Waals surface area contributed by atoms with Gasteiger partial charge in [0.2, 0.25) is 0 Å². The van der Waals surface area contributed by atoms with Gasteiger partial charge in [-0.1, -0.05) is 52.3 Å². The summed E-state index contributed by atoms with van der Waals surface area (Å²) in [6, 6.07) is 10.1. The summed E-state index contributed by atoms with van der Waals surface area (Å²) in [5.74, 6) is 1.04. The van der Waals surface area contributed by atoms with Crippen molar-refractivity contribution in [3.8, 4) is 0 Å². The third kappa shape index (κ3) is 6.47. The molecule has 0 radical (unpaired) electrons. The molecule has 0 N–H and O–H groups in total. The van der Waals surface area contributed by atoms with Gasteiger partial charge in [0.25, 0.3) is 5.66 Å². The maximum atomic E-state index is 13.7. The number of rotatable bonds is 8. The number of thioether (sulfide) groups is 1. The minimum atomic E-state index is -6.12. The van der Waals surface area contributed by atoms with E-state index in [1.807, 2.05) is 6.08 Å². The predicted octanol–water partition coefficient (Wildman–Crippen LogP) is 3.76. The summed E-state index contributed by atoms with van der Waals surface area (Å²) in [5.41, 5.74) is -3.96. The monoisotopic (exact) mass is 524 g/mol. The van der Waals surface area contributed by atoms with Crippen molar-refractivity contribution in [2.24, 2.45) is 0 Å². The molecule has 0 spiro atoms. The molecule has 11 heteroatoms. The molecule has 0 aliphatic rings. The molecule has 2 rings (SSSR count). The van der Waals surface area contributed by atoms with Gasteiger partial charge >= 0.3 is 0 Å². The Labute approximate surface area is 180 Å². The fourth-order valence-electron chi connectivity index (χ4n) is 2.32. The molecule has 0 aromatic heterocycles. The van der Waals surface area contributed by atoms with Crippen LogP contribution in [0.25, 0.3) is 6.08 Å². The summed E-state index contributed by atoms with van der Waals surface area (Å²) in [7, 11) is -9.40. The Hall–Kier alpha value is -1.03. The molecule has 5 nitrogen and oxygen atoms in total. The van der Waals surface area contributed by atoms with Crippen LogP contribution in [0.4, 0.5) is 8.78 Å². The Morgan fingerprint density at radius 1 is 1.21 bits per heavy atom. The second-order valence-corrected chi connectivity index (χ2v) is 11.6. The van der Waals surface area contributed by atoms with Crippen LogP contribution in [0.5, 0.6) is 0 Å². The topological polar surface area (TPSA) is 97.3 Å². The maximum absolute atomic E-state index is 13.7. The maximum Gasteiger partial charge on any atom is 0.297 e. The molecule has 0 aliphatic heterocycles. The van der Waals surface area contributed by atoms with Gasteiger partial charge in [-0.2, -0.15) is 20.5 Å². The van der Waals surface area contributed by atoms with E-state index in [0.717, 1.165) is 17.9 Å². The number of benzene rings is 2. The fourth-order valence-corrected chi connectivity index (χ4v) is 5.08. The van der Waals surface area contributed by atoms with Gasteiger partial charge in [-0.25, -0.2) is 8.42 Å². The molecule has 0 atom stereocenters. The predicted molar refractivity (Wildman–Crippen MR) is 110 cm³/mol. The van der Waals surface area contributed by atoms with E-state index >= 15 is 0 Å². The van der Waals surface area contributed by atoms with Gasteiger partial charge in [-0.3, -0.25) is 0 Å². The second-order valence-electron chi connectivity index (χ2n) is 6.12. The number of sulfone groups is 1. The van der Waals surface area contributed by atoms with Crippen LogP contribution in [-0.4, -0.2) is 20.4 Å². The summed E-state index contributed by atoms with van der Waals surface area (Å²) in [5, 5.41) is 0. The van der Waals surface area contributed by atoms with Crippen molar-refractivity contribution in [3.63, 3.8) is 0 Å². The van der Waals surface area contributed by atoms with Crippen LogP contribution in [0.3, 0.4) is 0 Å². The Balaban J connectivity index is 1.97. The molecule has 158 valence electrons. The average Bonchev–Trinajstić information content (AvgIpc) is 2.60. The zero-order valence-electron chi connectivity index (χ0n) is 15.0. The van der Waals surface area contributed by atoms with Gasteiger partial charge in [-0.05, 0) is 29.3 Å². The number of hydrogen-bond acceptors (Lipinski definition) is 6. The molecule has 2 aromatic carbocycles. The molecular formula is C18H16BrF2O5PS2-2. The standard InChI is InChI=1S/C18H18BrF2O5PS2/c1-29(25,26)15-6-2-4-13(10-15)5-3-9-28-12-14-7-8-16(17(19)11-14)18(20,21)27(22,23)24/h2-8,10-11H,9,12H2,1H3,(H2,22,23,24)/p-2/b5-3+. The van der Waals surface area contributed by atoms with E-state index in [2.05, 4.69) is 15.9 Å². The molecule has 0 heterocycles. The fraction of sp³-hybridized carbons (Fsp3) is 0.222. The summed E-state index contributed by atoms with van der Waals surface area (Å²) in [4.78, 5) is 21.8. The summed E-state index contributed by atoms with van der Waals surface area (Å²) >= 11 is 4.37. The zero-order chi connectivity index (χ0) is 21.9. The van der Waals surface area contributed by atoms with Crippen LogP contribution in [0, 0.1) is 0 Å². The third-order valence-corrected chi connectivity index (χ3v) is 7.44. The van der Waals surface area contributed by atoms with E-state index in [1.54, 1.807) is 24.3 Å². The lowest BCUT2D eigenvalue weighted by Gasteiger charge is -2.38. The van der Waals surface area contributed by atoms with Crippen LogP contribution in [0.15, 0.2) is 57.9 Å². The van der Waals surface area contributed by atoms with Crippen LogP contribution < -0.4 is 9.79 Å². The molecule has 0 saturated heterocycles. The van der Waals surface area contributed by atoms with Crippen molar-refractivity contribution in [1.29, 1.82) is 0 Å². The first kappa shape index (κ1) is 24.2. The molecule has 0 amide bonds. The average molecular weight is 525 g/mol. The van der Waals surface area contributed by atoms with Gasteiger partial charge in [0.1, 0.15) is 0 Å². The van der Waals surface area contributed by atoms with E-state index in [0.29, 0.717) is 17.1 Å². The highest BCUT2D eigenvalue weighted by Crippen LogP contribution is 2.54. The number of hydrogen-bond donors (Lipinski definition) is 0. The summed E-state index contributed by atoms with van der Waals surface area (Å²) in [6.07, 6.45) is 4.76. The molecule has 0 unspecified atom stereocenters. The van der Waals surface area contributed by atoms with E-state index < -0.39 is 28.7 Å². The van der Waals surface area contributed by atoms with Crippen LogP contribution >= 0.6 is 35.3 Å². The Morgan fingerprint density at radius 2 is 1.90 bits per heavy atom. The summed E-state index contributed by atoms with van der Waals surface area (Å²) < 4.78 is 61.1. The third-order valence-electron chi connectivity index (χ3n) is 3.78. The van der Waals surface area contributed by atoms with Crippen LogP contribution in [-0.2, 0) is 25.8 Å². The van der Waals surface area contributed by atoms with E-state index in [4.69, 9.17) is 0 Å². The normalized spacial score (nSPS) is 13.2. The molecule has 0 saturated carbocycles.